The van der Waals surface area contributed by atoms with E-state index in [4.69, 9.17) is 0 Å². The van der Waals surface area contributed by atoms with E-state index in [9.17, 15) is 19.2 Å². The Labute approximate surface area is 144 Å². The lowest BCUT2D eigenvalue weighted by Crippen LogP contribution is -2.46. The van der Waals surface area contributed by atoms with Gasteiger partial charge < -0.3 is 16.0 Å². The number of nitrogens with one attached hydrogen (secondary N) is 3. The number of imide groups is 1. The second kappa shape index (κ2) is 6.19. The SMILES string of the molecule is CC(=O)Nc1cccc(NC(=O)CN2C(=O)NC(C)(C3CC3)C2=O)c1. The van der Waals surface area contributed by atoms with Gasteiger partial charge in [-0.1, -0.05) is 6.07 Å². The van der Waals surface area contributed by atoms with E-state index in [0.717, 1.165) is 17.7 Å². The maximum atomic E-state index is 12.5. The van der Waals surface area contributed by atoms with Crippen molar-refractivity contribution < 1.29 is 19.2 Å². The largest absolute Gasteiger partial charge is 0.326 e. The summed E-state index contributed by atoms with van der Waals surface area (Å²) in [6, 6.07) is 6.08. The molecule has 132 valence electrons. The molecule has 1 aromatic carbocycles. The van der Waals surface area contributed by atoms with Crippen molar-refractivity contribution >= 4 is 35.1 Å². The van der Waals surface area contributed by atoms with Crippen molar-refractivity contribution in [2.24, 2.45) is 5.92 Å². The summed E-state index contributed by atoms with van der Waals surface area (Å²) in [5, 5.41) is 7.95. The van der Waals surface area contributed by atoms with Gasteiger partial charge in [0, 0.05) is 18.3 Å². The fraction of sp³-hybridized carbons (Fsp3) is 0.412. The van der Waals surface area contributed by atoms with Crippen molar-refractivity contribution in [3.05, 3.63) is 24.3 Å². The minimum absolute atomic E-state index is 0.145. The molecule has 1 heterocycles. The summed E-state index contributed by atoms with van der Waals surface area (Å²) in [4.78, 5) is 48.8. The van der Waals surface area contributed by atoms with E-state index in [1.807, 2.05) is 0 Å². The number of benzene rings is 1. The first-order chi connectivity index (χ1) is 11.8. The van der Waals surface area contributed by atoms with Gasteiger partial charge in [-0.2, -0.15) is 0 Å². The molecule has 8 nitrogen and oxygen atoms in total. The first kappa shape index (κ1) is 16.9. The van der Waals surface area contributed by atoms with Gasteiger partial charge in [0.2, 0.25) is 11.8 Å². The van der Waals surface area contributed by atoms with Crippen molar-refractivity contribution in [2.45, 2.75) is 32.2 Å². The molecule has 8 heteroatoms. The number of carbonyl (C=O) groups is 4. The molecule has 3 rings (SSSR count). The molecule has 2 aliphatic rings. The molecule has 1 saturated heterocycles. The average molecular weight is 344 g/mol. The lowest BCUT2D eigenvalue weighted by atomic mass is 9.96. The highest BCUT2D eigenvalue weighted by Gasteiger charge is 2.56. The number of hydrogen-bond donors (Lipinski definition) is 3. The van der Waals surface area contributed by atoms with Crippen LogP contribution in [-0.2, 0) is 14.4 Å². The summed E-state index contributed by atoms with van der Waals surface area (Å²) >= 11 is 0. The number of carbonyl (C=O) groups excluding carboxylic acids is 4. The Morgan fingerprint density at radius 1 is 1.24 bits per heavy atom. The van der Waals surface area contributed by atoms with Crippen molar-refractivity contribution in [3.8, 4) is 0 Å². The molecule has 5 amide bonds. The molecule has 25 heavy (non-hydrogen) atoms. The lowest BCUT2D eigenvalue weighted by Gasteiger charge is -2.20. The van der Waals surface area contributed by atoms with Gasteiger partial charge in [-0.25, -0.2) is 4.79 Å². The summed E-state index contributed by atoms with van der Waals surface area (Å²) in [7, 11) is 0. The zero-order valence-electron chi connectivity index (χ0n) is 14.1. The molecule has 1 atom stereocenters. The number of hydrogen-bond acceptors (Lipinski definition) is 4. The van der Waals surface area contributed by atoms with Crippen LogP contribution in [0.2, 0.25) is 0 Å². The third-order valence-corrected chi connectivity index (χ3v) is 4.46. The van der Waals surface area contributed by atoms with Gasteiger partial charge in [-0.3, -0.25) is 19.3 Å². The van der Waals surface area contributed by atoms with E-state index in [0.29, 0.717) is 11.4 Å². The standard InChI is InChI=1S/C17H20N4O4/c1-10(22)18-12-4-3-5-13(8-12)19-14(23)9-21-15(24)17(2,11-6-7-11)20-16(21)25/h3-5,8,11H,6-7,9H2,1-2H3,(H,18,22)(H,19,23)(H,20,25). The van der Waals surface area contributed by atoms with Crippen LogP contribution in [-0.4, -0.2) is 40.7 Å². The Bertz CT molecular complexity index is 759. The number of nitrogens with zero attached hydrogens (tertiary/aromatic N) is 1. The highest BCUT2D eigenvalue weighted by Crippen LogP contribution is 2.42. The van der Waals surface area contributed by atoms with Crippen molar-refractivity contribution in [2.75, 3.05) is 17.2 Å². The summed E-state index contributed by atoms with van der Waals surface area (Å²) in [6.45, 7) is 2.75. The van der Waals surface area contributed by atoms with Gasteiger partial charge in [-0.05, 0) is 43.9 Å². The molecule has 1 aromatic rings. The molecule has 0 spiro atoms. The normalized spacial score (nSPS) is 22.6. The molecule has 0 bridgehead atoms. The van der Waals surface area contributed by atoms with Crippen LogP contribution in [0.4, 0.5) is 16.2 Å². The maximum Gasteiger partial charge on any atom is 0.325 e. The average Bonchev–Trinajstić information content (AvgIpc) is 3.33. The first-order valence-corrected chi connectivity index (χ1v) is 8.11. The highest BCUT2D eigenvalue weighted by molar-refractivity contribution is 6.10. The maximum absolute atomic E-state index is 12.5. The van der Waals surface area contributed by atoms with E-state index in [1.54, 1.807) is 31.2 Å². The number of amides is 5. The van der Waals surface area contributed by atoms with E-state index < -0.39 is 17.5 Å². The second-order valence-electron chi connectivity index (χ2n) is 6.61. The van der Waals surface area contributed by atoms with Gasteiger partial charge in [0.1, 0.15) is 12.1 Å². The van der Waals surface area contributed by atoms with E-state index in [1.165, 1.54) is 6.92 Å². The zero-order chi connectivity index (χ0) is 18.2. The molecule has 3 N–H and O–H groups in total. The predicted octanol–water partition coefficient (Wildman–Crippen LogP) is 1.30. The highest BCUT2D eigenvalue weighted by atomic mass is 16.2. The van der Waals surface area contributed by atoms with Crippen LogP contribution < -0.4 is 16.0 Å². The summed E-state index contributed by atoms with van der Waals surface area (Å²) in [5.74, 6) is -0.917. The fourth-order valence-electron chi connectivity index (χ4n) is 3.02. The van der Waals surface area contributed by atoms with Crippen LogP contribution in [0.15, 0.2) is 24.3 Å². The number of anilines is 2. The van der Waals surface area contributed by atoms with Crippen LogP contribution in [0.25, 0.3) is 0 Å². The molecule has 1 saturated carbocycles. The monoisotopic (exact) mass is 344 g/mol. The Morgan fingerprint density at radius 3 is 2.48 bits per heavy atom. The summed E-state index contributed by atoms with van der Waals surface area (Å²) in [6.07, 6.45) is 1.80. The third kappa shape index (κ3) is 3.47. The van der Waals surface area contributed by atoms with Gasteiger partial charge in [0.05, 0.1) is 0 Å². The molecule has 0 aromatic heterocycles. The van der Waals surface area contributed by atoms with Crippen LogP contribution in [0.5, 0.6) is 0 Å². The quantitative estimate of drug-likeness (QED) is 0.700. The van der Waals surface area contributed by atoms with E-state index >= 15 is 0 Å². The number of rotatable bonds is 5. The fourth-order valence-corrected chi connectivity index (χ4v) is 3.02. The van der Waals surface area contributed by atoms with E-state index in [2.05, 4.69) is 16.0 Å². The molecule has 0 radical (unpaired) electrons. The van der Waals surface area contributed by atoms with E-state index in [-0.39, 0.29) is 24.3 Å². The van der Waals surface area contributed by atoms with Gasteiger partial charge in [0.25, 0.3) is 5.91 Å². The van der Waals surface area contributed by atoms with Gasteiger partial charge >= 0.3 is 6.03 Å². The van der Waals surface area contributed by atoms with Crippen molar-refractivity contribution in [3.63, 3.8) is 0 Å². The van der Waals surface area contributed by atoms with Gasteiger partial charge in [0.15, 0.2) is 0 Å². The second-order valence-corrected chi connectivity index (χ2v) is 6.61. The third-order valence-electron chi connectivity index (χ3n) is 4.46. The number of urea groups is 1. The molecule has 1 aliphatic heterocycles. The molecular formula is C17H20N4O4. The van der Waals surface area contributed by atoms with Crippen LogP contribution in [0.3, 0.4) is 0 Å². The van der Waals surface area contributed by atoms with Crippen LogP contribution in [0, 0.1) is 5.92 Å². The van der Waals surface area contributed by atoms with Crippen LogP contribution in [0.1, 0.15) is 26.7 Å². The molecule has 1 unspecified atom stereocenters. The summed E-state index contributed by atoms with van der Waals surface area (Å²) in [5.41, 5.74) is 0.109. The molecule has 2 fully saturated rings. The molecule has 1 aliphatic carbocycles. The predicted molar refractivity (Wildman–Crippen MR) is 90.7 cm³/mol. The molecular weight excluding hydrogens is 324 g/mol. The Morgan fingerprint density at radius 2 is 1.88 bits per heavy atom. The van der Waals surface area contributed by atoms with Crippen molar-refractivity contribution in [1.29, 1.82) is 0 Å². The Kier molecular flexibility index (Phi) is 4.20. The minimum Gasteiger partial charge on any atom is -0.326 e. The topological polar surface area (TPSA) is 108 Å². The van der Waals surface area contributed by atoms with Crippen LogP contribution >= 0.6 is 0 Å². The zero-order valence-corrected chi connectivity index (χ0v) is 14.1. The van der Waals surface area contributed by atoms with Gasteiger partial charge in [-0.15, -0.1) is 0 Å². The summed E-state index contributed by atoms with van der Waals surface area (Å²) < 4.78 is 0. The Balaban J connectivity index is 1.64. The minimum atomic E-state index is -0.900. The lowest BCUT2D eigenvalue weighted by molar-refractivity contribution is -0.134. The van der Waals surface area contributed by atoms with Crippen molar-refractivity contribution in [1.82, 2.24) is 10.2 Å². The smallest absolute Gasteiger partial charge is 0.325 e. The first-order valence-electron chi connectivity index (χ1n) is 8.11. The Hall–Kier alpha value is -2.90.